The van der Waals surface area contributed by atoms with Gasteiger partial charge in [-0.05, 0) is 31.5 Å². The molecule has 0 saturated heterocycles. The predicted octanol–water partition coefficient (Wildman–Crippen LogP) is 2.13. The van der Waals surface area contributed by atoms with Crippen LogP contribution in [0.25, 0.3) is 0 Å². The maximum Gasteiger partial charge on any atom is 0.222 e. The number of nitrogens with two attached hydrogens (primary N) is 2. The number of nitrogen functional groups attached to an aromatic ring is 2. The second-order valence-electron chi connectivity index (χ2n) is 5.38. The van der Waals surface area contributed by atoms with E-state index in [9.17, 15) is 0 Å². The van der Waals surface area contributed by atoms with Crippen molar-refractivity contribution in [2.45, 2.75) is 19.8 Å². The van der Waals surface area contributed by atoms with Crippen molar-refractivity contribution in [1.82, 2.24) is 9.97 Å². The fourth-order valence-corrected chi connectivity index (χ4v) is 2.39. The molecule has 2 rings (SSSR count). The van der Waals surface area contributed by atoms with E-state index in [4.69, 9.17) is 25.7 Å². The van der Waals surface area contributed by atoms with E-state index in [-0.39, 0.29) is 17.7 Å². The number of methoxy groups -OCH3 is 3. The summed E-state index contributed by atoms with van der Waals surface area (Å²) in [7, 11) is 4.72. The summed E-state index contributed by atoms with van der Waals surface area (Å²) in [5.74, 6) is 8.20. The molecule has 4 N–H and O–H groups in total. The number of ether oxygens (including phenoxy) is 3. The summed E-state index contributed by atoms with van der Waals surface area (Å²) in [5.41, 5.74) is 13.6. The number of benzene rings is 1. The highest BCUT2D eigenvalue weighted by atomic mass is 16.5. The lowest BCUT2D eigenvalue weighted by Gasteiger charge is -2.15. The van der Waals surface area contributed by atoms with Crippen molar-refractivity contribution in [2.75, 3.05) is 32.8 Å². The van der Waals surface area contributed by atoms with E-state index in [1.807, 2.05) is 19.1 Å². The Bertz CT molecular complexity index is 792. The summed E-state index contributed by atoms with van der Waals surface area (Å²) in [5, 5.41) is 0. The van der Waals surface area contributed by atoms with Crippen molar-refractivity contribution in [1.29, 1.82) is 0 Å². The number of nitrogens with zero attached hydrogens (tertiary/aromatic N) is 2. The lowest BCUT2D eigenvalue weighted by atomic mass is 10.00. The quantitative estimate of drug-likeness (QED) is 0.820. The topological polar surface area (TPSA) is 106 Å². The van der Waals surface area contributed by atoms with Gasteiger partial charge in [0.25, 0.3) is 0 Å². The van der Waals surface area contributed by atoms with Crippen LogP contribution in [0.4, 0.5) is 11.8 Å². The summed E-state index contributed by atoms with van der Waals surface area (Å²) in [6.07, 6.45) is 0. The third-order valence-electron chi connectivity index (χ3n) is 3.74. The second-order valence-corrected chi connectivity index (χ2v) is 5.38. The molecule has 0 saturated carbocycles. The van der Waals surface area contributed by atoms with E-state index in [0.717, 1.165) is 5.56 Å². The molecule has 0 bridgehead atoms. The molecule has 25 heavy (non-hydrogen) atoms. The minimum Gasteiger partial charge on any atom is -0.493 e. The molecular formula is C18H22N4O3. The highest BCUT2D eigenvalue weighted by molar-refractivity contribution is 5.57. The van der Waals surface area contributed by atoms with Gasteiger partial charge in [-0.1, -0.05) is 11.8 Å². The van der Waals surface area contributed by atoms with Gasteiger partial charge in [-0.3, -0.25) is 0 Å². The van der Waals surface area contributed by atoms with Gasteiger partial charge in [0, 0.05) is 5.92 Å². The van der Waals surface area contributed by atoms with E-state index in [2.05, 4.69) is 21.8 Å². The zero-order valence-corrected chi connectivity index (χ0v) is 15.0. The number of hydrogen-bond acceptors (Lipinski definition) is 7. The molecule has 0 aliphatic carbocycles. The molecule has 1 atom stereocenters. The Morgan fingerprint density at radius 2 is 1.60 bits per heavy atom. The largest absolute Gasteiger partial charge is 0.493 e. The Kier molecular flexibility index (Phi) is 5.55. The first-order valence-corrected chi connectivity index (χ1v) is 7.62. The lowest BCUT2D eigenvalue weighted by molar-refractivity contribution is 0.323. The standard InChI is InChI=1S/C18H22N4O3/c1-10(6-7-13-11(2)21-18(20)22-17(13)19)12-8-14(23-3)16(25-5)15(9-12)24-4/h8-10H,1-5H3,(H4,19,20,21,22). The maximum atomic E-state index is 5.89. The normalized spacial score (nSPS) is 11.2. The minimum atomic E-state index is -0.106. The molecule has 7 heteroatoms. The molecule has 0 radical (unpaired) electrons. The van der Waals surface area contributed by atoms with Crippen LogP contribution in [-0.2, 0) is 0 Å². The average Bonchev–Trinajstić information content (AvgIpc) is 2.59. The summed E-state index contributed by atoms with van der Waals surface area (Å²) in [6, 6.07) is 3.74. The van der Waals surface area contributed by atoms with E-state index in [0.29, 0.717) is 28.5 Å². The van der Waals surface area contributed by atoms with Crippen molar-refractivity contribution in [3.05, 3.63) is 29.0 Å². The number of anilines is 2. The number of hydrogen-bond donors (Lipinski definition) is 2. The van der Waals surface area contributed by atoms with Crippen LogP contribution >= 0.6 is 0 Å². The minimum absolute atomic E-state index is 0.106. The molecule has 1 heterocycles. The van der Waals surface area contributed by atoms with Crippen molar-refractivity contribution >= 4 is 11.8 Å². The van der Waals surface area contributed by atoms with Gasteiger partial charge in [0.05, 0.1) is 32.6 Å². The maximum absolute atomic E-state index is 5.89. The molecule has 1 unspecified atom stereocenters. The van der Waals surface area contributed by atoms with E-state index in [1.165, 1.54) is 0 Å². The van der Waals surface area contributed by atoms with Crippen molar-refractivity contribution < 1.29 is 14.2 Å². The third kappa shape index (κ3) is 3.86. The summed E-state index contributed by atoms with van der Waals surface area (Å²) in [6.45, 7) is 3.76. The summed E-state index contributed by atoms with van der Waals surface area (Å²) < 4.78 is 16.1. The third-order valence-corrected chi connectivity index (χ3v) is 3.74. The molecule has 1 aromatic heterocycles. The molecule has 0 aliphatic rings. The van der Waals surface area contributed by atoms with Crippen molar-refractivity contribution in [3.63, 3.8) is 0 Å². The zero-order chi connectivity index (χ0) is 18.6. The predicted molar refractivity (Wildman–Crippen MR) is 97.0 cm³/mol. The van der Waals surface area contributed by atoms with Gasteiger partial charge in [-0.2, -0.15) is 4.98 Å². The van der Waals surface area contributed by atoms with Crippen LogP contribution in [0.5, 0.6) is 17.2 Å². The zero-order valence-electron chi connectivity index (χ0n) is 15.0. The van der Waals surface area contributed by atoms with E-state index >= 15 is 0 Å². The van der Waals surface area contributed by atoms with Crippen LogP contribution in [0.15, 0.2) is 12.1 Å². The van der Waals surface area contributed by atoms with Crippen LogP contribution in [0.3, 0.4) is 0 Å². The van der Waals surface area contributed by atoms with Gasteiger partial charge in [0.2, 0.25) is 11.7 Å². The Morgan fingerprint density at radius 1 is 1.00 bits per heavy atom. The smallest absolute Gasteiger partial charge is 0.222 e. The van der Waals surface area contributed by atoms with Gasteiger partial charge in [-0.25, -0.2) is 4.98 Å². The number of aromatic nitrogens is 2. The van der Waals surface area contributed by atoms with Crippen molar-refractivity contribution in [3.8, 4) is 29.1 Å². The van der Waals surface area contributed by atoms with Gasteiger partial charge in [0.1, 0.15) is 5.82 Å². The average molecular weight is 342 g/mol. The first-order chi connectivity index (χ1) is 11.9. The molecule has 2 aromatic rings. The highest BCUT2D eigenvalue weighted by Gasteiger charge is 2.15. The van der Waals surface area contributed by atoms with Crippen LogP contribution < -0.4 is 25.7 Å². The second kappa shape index (κ2) is 7.62. The van der Waals surface area contributed by atoms with Crippen LogP contribution in [-0.4, -0.2) is 31.3 Å². The van der Waals surface area contributed by atoms with E-state index < -0.39 is 0 Å². The van der Waals surface area contributed by atoms with Gasteiger partial charge in [0.15, 0.2) is 11.5 Å². The Balaban J connectivity index is 2.42. The molecule has 1 aromatic carbocycles. The fourth-order valence-electron chi connectivity index (χ4n) is 2.39. The molecular weight excluding hydrogens is 320 g/mol. The molecule has 0 fully saturated rings. The van der Waals surface area contributed by atoms with E-state index in [1.54, 1.807) is 28.3 Å². The van der Waals surface area contributed by atoms with Gasteiger partial charge < -0.3 is 25.7 Å². The Hall–Kier alpha value is -3.14. The number of rotatable bonds is 4. The highest BCUT2D eigenvalue weighted by Crippen LogP contribution is 2.39. The lowest BCUT2D eigenvalue weighted by Crippen LogP contribution is -2.05. The van der Waals surface area contributed by atoms with Gasteiger partial charge in [-0.15, -0.1) is 0 Å². The SMILES string of the molecule is COc1cc(C(C)C#Cc2c(C)nc(N)nc2N)cc(OC)c1OC. The summed E-state index contributed by atoms with van der Waals surface area (Å²) >= 11 is 0. The molecule has 0 aliphatic heterocycles. The first-order valence-electron chi connectivity index (χ1n) is 7.62. The molecule has 7 nitrogen and oxygen atoms in total. The first kappa shape index (κ1) is 18.2. The molecule has 0 amide bonds. The number of aryl methyl sites for hydroxylation is 1. The monoisotopic (exact) mass is 342 g/mol. The van der Waals surface area contributed by atoms with Crippen molar-refractivity contribution in [2.24, 2.45) is 0 Å². The molecule has 132 valence electrons. The van der Waals surface area contributed by atoms with Gasteiger partial charge >= 0.3 is 0 Å². The van der Waals surface area contributed by atoms with Crippen LogP contribution in [0, 0.1) is 18.8 Å². The Morgan fingerprint density at radius 3 is 2.08 bits per heavy atom. The Labute approximate surface area is 147 Å². The van der Waals surface area contributed by atoms with Crippen LogP contribution in [0.2, 0.25) is 0 Å². The summed E-state index contributed by atoms with van der Waals surface area (Å²) in [4.78, 5) is 8.04. The molecule has 0 spiro atoms. The van der Waals surface area contributed by atoms with Crippen LogP contribution in [0.1, 0.15) is 29.7 Å². The fraction of sp³-hybridized carbons (Fsp3) is 0.333.